The molecule has 1 heterocycles. The van der Waals surface area contributed by atoms with Gasteiger partial charge in [-0.15, -0.1) is 12.4 Å². The van der Waals surface area contributed by atoms with Gasteiger partial charge < -0.3 is 10.0 Å². The number of carbonyl (C=O) groups is 2. The summed E-state index contributed by atoms with van der Waals surface area (Å²) < 4.78 is 0. The minimum Gasteiger partial charge on any atom is -0.480 e. The molecule has 1 aliphatic heterocycles. The van der Waals surface area contributed by atoms with Crippen molar-refractivity contribution in [3.63, 3.8) is 0 Å². The van der Waals surface area contributed by atoms with E-state index in [0.29, 0.717) is 13.1 Å². The van der Waals surface area contributed by atoms with E-state index in [2.05, 4.69) is 6.07 Å². The van der Waals surface area contributed by atoms with Crippen molar-refractivity contribution in [3.05, 3.63) is 29.8 Å². The molecule has 1 N–H and O–H groups in total. The van der Waals surface area contributed by atoms with Crippen molar-refractivity contribution in [2.45, 2.75) is 39.2 Å². The highest BCUT2D eigenvalue weighted by molar-refractivity contribution is 5.98. The maximum absolute atomic E-state index is 12.8. The molecule has 2 rings (SSSR count). The Balaban J connectivity index is 0.00000264. The molecule has 0 aliphatic carbocycles. The number of carboxylic acid groups (broad SMARTS) is 1. The van der Waals surface area contributed by atoms with Gasteiger partial charge >= 0.3 is 5.97 Å². The van der Waals surface area contributed by atoms with Gasteiger partial charge in [-0.2, -0.15) is 0 Å². The Kier molecular flexibility index (Phi) is 7.52. The van der Waals surface area contributed by atoms with Gasteiger partial charge in [0, 0.05) is 12.2 Å². The van der Waals surface area contributed by atoms with Crippen molar-refractivity contribution in [3.8, 4) is 0 Å². The number of anilines is 1. The highest BCUT2D eigenvalue weighted by atomic mass is 35.5. The summed E-state index contributed by atoms with van der Waals surface area (Å²) in [5.74, 6) is -0.908. The quantitative estimate of drug-likeness (QED) is 0.864. The summed E-state index contributed by atoms with van der Waals surface area (Å²) in [5, 5.41) is 9.04. The van der Waals surface area contributed by atoms with Crippen molar-refractivity contribution in [2.75, 3.05) is 24.5 Å². The molecular weight excluding hydrogens is 316 g/mol. The Morgan fingerprint density at radius 2 is 2.04 bits per heavy atom. The maximum Gasteiger partial charge on any atom is 0.317 e. The van der Waals surface area contributed by atoms with Gasteiger partial charge in [0.1, 0.15) is 0 Å². The minimum atomic E-state index is -0.896. The first-order valence-electron chi connectivity index (χ1n) is 7.89. The van der Waals surface area contributed by atoms with Crippen LogP contribution in [0.15, 0.2) is 24.3 Å². The van der Waals surface area contributed by atoms with Gasteiger partial charge in [-0.05, 0) is 44.4 Å². The normalized spacial score (nSPS) is 14.8. The first kappa shape index (κ1) is 19.5. The van der Waals surface area contributed by atoms with Gasteiger partial charge in [-0.1, -0.05) is 25.1 Å². The number of aliphatic carboxylic acids is 1. The Morgan fingerprint density at radius 1 is 1.35 bits per heavy atom. The number of benzene rings is 1. The number of amides is 1. The maximum atomic E-state index is 12.8. The Bertz CT molecular complexity index is 550. The monoisotopic (exact) mass is 340 g/mol. The summed E-state index contributed by atoms with van der Waals surface area (Å²) in [4.78, 5) is 27.4. The first-order valence-corrected chi connectivity index (χ1v) is 7.89. The number of carboxylic acids is 1. The lowest BCUT2D eigenvalue weighted by atomic mass is 10.0. The van der Waals surface area contributed by atoms with E-state index in [1.54, 1.807) is 11.8 Å². The number of para-hydroxylation sites is 1. The van der Waals surface area contributed by atoms with Crippen LogP contribution in [-0.2, 0) is 16.0 Å². The number of aryl methyl sites for hydroxylation is 1. The van der Waals surface area contributed by atoms with Crippen LogP contribution in [0.5, 0.6) is 0 Å². The smallest absolute Gasteiger partial charge is 0.317 e. The molecule has 0 spiro atoms. The number of carbonyl (C=O) groups excluding carboxylic acids is 1. The van der Waals surface area contributed by atoms with Crippen molar-refractivity contribution in [2.24, 2.45) is 0 Å². The zero-order valence-electron chi connectivity index (χ0n) is 13.7. The predicted molar refractivity (Wildman–Crippen MR) is 93.3 cm³/mol. The summed E-state index contributed by atoms with van der Waals surface area (Å²) in [5.41, 5.74) is 2.16. The van der Waals surface area contributed by atoms with E-state index < -0.39 is 12.0 Å². The molecule has 0 aromatic heterocycles. The second-order valence-corrected chi connectivity index (χ2v) is 5.76. The Hall–Kier alpha value is -1.59. The third kappa shape index (κ3) is 4.69. The van der Waals surface area contributed by atoms with E-state index in [9.17, 15) is 9.59 Å². The third-order valence-corrected chi connectivity index (χ3v) is 4.13. The molecule has 1 aromatic rings. The van der Waals surface area contributed by atoms with Crippen LogP contribution in [0, 0.1) is 0 Å². The van der Waals surface area contributed by atoms with Crippen LogP contribution in [0.1, 0.15) is 32.3 Å². The molecule has 128 valence electrons. The van der Waals surface area contributed by atoms with Crippen molar-refractivity contribution >= 4 is 30.0 Å². The second kappa shape index (κ2) is 8.89. The van der Waals surface area contributed by atoms with Crippen LogP contribution < -0.4 is 4.90 Å². The molecule has 1 aliphatic rings. The largest absolute Gasteiger partial charge is 0.480 e. The van der Waals surface area contributed by atoms with Crippen LogP contribution in [0.2, 0.25) is 0 Å². The van der Waals surface area contributed by atoms with Crippen LogP contribution in [0.25, 0.3) is 0 Å². The van der Waals surface area contributed by atoms with Gasteiger partial charge in [-0.25, -0.2) is 0 Å². The second-order valence-electron chi connectivity index (χ2n) is 5.76. The summed E-state index contributed by atoms with van der Waals surface area (Å²) in [6, 6.07) is 7.53. The average molecular weight is 341 g/mol. The van der Waals surface area contributed by atoms with Crippen LogP contribution in [0.3, 0.4) is 0 Å². The number of nitrogens with zero attached hydrogens (tertiary/aromatic N) is 2. The van der Waals surface area contributed by atoms with Crippen LogP contribution in [-0.4, -0.2) is 47.6 Å². The number of halogens is 1. The van der Waals surface area contributed by atoms with E-state index in [0.717, 1.165) is 24.9 Å². The van der Waals surface area contributed by atoms with Gasteiger partial charge in [0.25, 0.3) is 0 Å². The molecule has 0 bridgehead atoms. The summed E-state index contributed by atoms with van der Waals surface area (Å²) in [6.45, 7) is 5.00. The third-order valence-electron chi connectivity index (χ3n) is 4.13. The van der Waals surface area contributed by atoms with E-state index in [4.69, 9.17) is 5.11 Å². The number of hydrogen-bond donors (Lipinski definition) is 1. The summed E-state index contributed by atoms with van der Waals surface area (Å²) in [7, 11) is 0. The fourth-order valence-corrected chi connectivity index (χ4v) is 3.01. The SMILES string of the molecule is CCCN(CC(=O)O)C(C)C(=O)N1CCCc2ccccc21.Cl. The topological polar surface area (TPSA) is 60.9 Å². The molecule has 1 aromatic carbocycles. The van der Waals surface area contributed by atoms with E-state index >= 15 is 0 Å². The highest BCUT2D eigenvalue weighted by Gasteiger charge is 2.30. The zero-order valence-corrected chi connectivity index (χ0v) is 14.5. The van der Waals surface area contributed by atoms with E-state index in [-0.39, 0.29) is 24.9 Å². The minimum absolute atomic E-state index is 0. The molecule has 1 atom stereocenters. The predicted octanol–water partition coefficient (Wildman–Crippen LogP) is 2.57. The standard InChI is InChI=1S/C17H24N2O3.ClH/c1-3-10-18(12-16(20)21)13(2)17(22)19-11-6-8-14-7-4-5-9-15(14)19;/h4-5,7,9,13H,3,6,8,10-12H2,1-2H3,(H,20,21);1H. The van der Waals surface area contributed by atoms with Gasteiger partial charge in [0.15, 0.2) is 0 Å². The van der Waals surface area contributed by atoms with E-state index in [1.165, 1.54) is 5.56 Å². The molecule has 0 fully saturated rings. The van der Waals surface area contributed by atoms with Gasteiger partial charge in [-0.3, -0.25) is 14.5 Å². The Morgan fingerprint density at radius 3 is 2.70 bits per heavy atom. The molecule has 0 saturated carbocycles. The van der Waals surface area contributed by atoms with Gasteiger partial charge in [0.05, 0.1) is 12.6 Å². The molecule has 5 nitrogen and oxygen atoms in total. The molecule has 1 amide bonds. The molecule has 23 heavy (non-hydrogen) atoms. The summed E-state index contributed by atoms with van der Waals surface area (Å²) in [6.07, 6.45) is 2.76. The molecule has 0 radical (unpaired) electrons. The number of rotatable bonds is 6. The fraction of sp³-hybridized carbons (Fsp3) is 0.529. The molecule has 0 saturated heterocycles. The highest BCUT2D eigenvalue weighted by Crippen LogP contribution is 2.27. The summed E-state index contributed by atoms with van der Waals surface area (Å²) >= 11 is 0. The van der Waals surface area contributed by atoms with E-state index in [1.807, 2.05) is 30.0 Å². The Labute approximate surface area is 143 Å². The number of hydrogen-bond acceptors (Lipinski definition) is 3. The molecular formula is C17H25ClN2O3. The lowest BCUT2D eigenvalue weighted by Crippen LogP contribution is -2.50. The molecule has 1 unspecified atom stereocenters. The zero-order chi connectivity index (χ0) is 16.1. The lowest BCUT2D eigenvalue weighted by molar-refractivity contribution is -0.139. The lowest BCUT2D eigenvalue weighted by Gasteiger charge is -2.35. The van der Waals surface area contributed by atoms with Crippen molar-refractivity contribution < 1.29 is 14.7 Å². The van der Waals surface area contributed by atoms with Crippen molar-refractivity contribution in [1.29, 1.82) is 0 Å². The first-order chi connectivity index (χ1) is 10.5. The van der Waals surface area contributed by atoms with Crippen LogP contribution >= 0.6 is 12.4 Å². The van der Waals surface area contributed by atoms with Crippen molar-refractivity contribution in [1.82, 2.24) is 4.90 Å². The fourth-order valence-electron chi connectivity index (χ4n) is 3.01. The van der Waals surface area contributed by atoms with Crippen LogP contribution in [0.4, 0.5) is 5.69 Å². The number of fused-ring (bicyclic) bond motifs is 1. The molecule has 6 heteroatoms. The van der Waals surface area contributed by atoms with Gasteiger partial charge in [0.2, 0.25) is 5.91 Å². The average Bonchev–Trinajstić information content (AvgIpc) is 2.52.